The lowest BCUT2D eigenvalue weighted by atomic mass is 9.91. The lowest BCUT2D eigenvalue weighted by Crippen LogP contribution is -2.43. The van der Waals surface area contributed by atoms with Crippen LogP contribution in [0.15, 0.2) is 24.5 Å². The highest BCUT2D eigenvalue weighted by Gasteiger charge is 2.44. The van der Waals surface area contributed by atoms with Gasteiger partial charge in [-0.1, -0.05) is 25.8 Å². The highest BCUT2D eigenvalue weighted by Crippen LogP contribution is 2.38. The molecule has 1 N–H and O–H groups in total. The van der Waals surface area contributed by atoms with E-state index in [1.54, 1.807) is 12.4 Å². The summed E-state index contributed by atoms with van der Waals surface area (Å²) in [6, 6.07) is 3.87. The number of rotatable bonds is 6. The zero-order valence-corrected chi connectivity index (χ0v) is 15.3. The average Bonchev–Trinajstić information content (AvgIpc) is 3.27. The molecule has 1 aliphatic carbocycles. The molecule has 1 saturated heterocycles. The fourth-order valence-electron chi connectivity index (χ4n) is 4.56. The van der Waals surface area contributed by atoms with Gasteiger partial charge in [0.1, 0.15) is 0 Å². The number of carbonyl (C=O) groups is 2. The molecule has 1 aromatic heterocycles. The molecule has 1 aliphatic heterocycles. The summed E-state index contributed by atoms with van der Waals surface area (Å²) in [4.78, 5) is 31.5. The van der Waals surface area contributed by atoms with Crippen LogP contribution in [-0.2, 0) is 9.59 Å². The van der Waals surface area contributed by atoms with Crippen molar-refractivity contribution in [2.24, 2.45) is 11.8 Å². The van der Waals surface area contributed by atoms with Gasteiger partial charge in [0, 0.05) is 31.4 Å². The number of hydrogen-bond acceptors (Lipinski definition) is 3. The topological polar surface area (TPSA) is 62.3 Å². The van der Waals surface area contributed by atoms with E-state index >= 15 is 0 Å². The Balaban J connectivity index is 1.78. The summed E-state index contributed by atoms with van der Waals surface area (Å²) in [5, 5.41) is 3.28. The van der Waals surface area contributed by atoms with Gasteiger partial charge in [-0.3, -0.25) is 14.6 Å². The van der Waals surface area contributed by atoms with Gasteiger partial charge in [-0.15, -0.1) is 0 Å². The van der Waals surface area contributed by atoms with Crippen LogP contribution >= 0.6 is 0 Å². The van der Waals surface area contributed by atoms with Crippen LogP contribution in [0.4, 0.5) is 0 Å². The molecular weight excluding hydrogens is 314 g/mol. The number of carbonyl (C=O) groups excluding carboxylic acids is 2. The Bertz CT molecular complexity index is 598. The van der Waals surface area contributed by atoms with Crippen molar-refractivity contribution in [3.05, 3.63) is 30.1 Å². The van der Waals surface area contributed by atoms with Gasteiger partial charge < -0.3 is 10.2 Å². The van der Waals surface area contributed by atoms with Crippen molar-refractivity contribution < 1.29 is 9.59 Å². The maximum atomic E-state index is 13.1. The van der Waals surface area contributed by atoms with Crippen molar-refractivity contribution in [1.82, 2.24) is 15.2 Å². The maximum Gasteiger partial charge on any atom is 0.226 e. The predicted molar refractivity (Wildman–Crippen MR) is 96.7 cm³/mol. The Labute approximate surface area is 150 Å². The highest BCUT2D eigenvalue weighted by atomic mass is 16.2. The molecule has 2 fully saturated rings. The largest absolute Gasteiger partial charge is 0.353 e. The van der Waals surface area contributed by atoms with E-state index in [0.717, 1.165) is 12.0 Å². The van der Waals surface area contributed by atoms with Gasteiger partial charge in [-0.25, -0.2) is 0 Å². The van der Waals surface area contributed by atoms with Crippen molar-refractivity contribution >= 4 is 11.8 Å². The Morgan fingerprint density at radius 3 is 2.72 bits per heavy atom. The van der Waals surface area contributed by atoms with Gasteiger partial charge in [0.15, 0.2) is 0 Å². The van der Waals surface area contributed by atoms with Crippen LogP contribution in [-0.4, -0.2) is 34.3 Å². The number of hydrogen-bond donors (Lipinski definition) is 1. The van der Waals surface area contributed by atoms with Gasteiger partial charge >= 0.3 is 0 Å². The molecule has 2 amide bonds. The quantitative estimate of drug-likeness (QED) is 0.863. The summed E-state index contributed by atoms with van der Waals surface area (Å²) < 4.78 is 0. The van der Waals surface area contributed by atoms with E-state index in [4.69, 9.17) is 0 Å². The molecule has 3 rings (SSSR count). The van der Waals surface area contributed by atoms with Crippen LogP contribution in [0.2, 0.25) is 0 Å². The van der Waals surface area contributed by atoms with Crippen molar-refractivity contribution in [3.8, 4) is 0 Å². The zero-order chi connectivity index (χ0) is 17.8. The molecule has 2 aliphatic rings. The first kappa shape index (κ1) is 17.9. The third-order valence-corrected chi connectivity index (χ3v) is 5.87. The Morgan fingerprint density at radius 1 is 1.36 bits per heavy atom. The number of aromatic nitrogens is 1. The first-order chi connectivity index (χ1) is 12.2. The number of pyridine rings is 1. The molecule has 25 heavy (non-hydrogen) atoms. The van der Waals surface area contributed by atoms with Gasteiger partial charge in [0.2, 0.25) is 11.8 Å². The summed E-state index contributed by atoms with van der Waals surface area (Å²) in [6.07, 6.45) is 9.68. The van der Waals surface area contributed by atoms with Gasteiger partial charge in [-0.2, -0.15) is 0 Å². The molecule has 1 aromatic rings. The second-order valence-corrected chi connectivity index (χ2v) is 7.29. The monoisotopic (exact) mass is 343 g/mol. The minimum absolute atomic E-state index is 0.0249. The van der Waals surface area contributed by atoms with E-state index in [9.17, 15) is 9.59 Å². The molecule has 0 bridgehead atoms. The minimum Gasteiger partial charge on any atom is -0.353 e. The molecule has 5 nitrogen and oxygen atoms in total. The van der Waals surface area contributed by atoms with Crippen LogP contribution < -0.4 is 5.32 Å². The molecule has 0 radical (unpaired) electrons. The van der Waals surface area contributed by atoms with Gasteiger partial charge in [0.05, 0.1) is 12.0 Å². The molecule has 136 valence electrons. The fraction of sp³-hybridized carbons (Fsp3) is 0.650. The van der Waals surface area contributed by atoms with Crippen molar-refractivity contribution in [3.63, 3.8) is 0 Å². The highest BCUT2D eigenvalue weighted by molar-refractivity contribution is 5.90. The third-order valence-electron chi connectivity index (χ3n) is 5.87. The smallest absolute Gasteiger partial charge is 0.226 e. The van der Waals surface area contributed by atoms with Crippen molar-refractivity contribution in [1.29, 1.82) is 0 Å². The zero-order valence-electron chi connectivity index (χ0n) is 15.3. The summed E-state index contributed by atoms with van der Waals surface area (Å²) >= 11 is 0. The van der Waals surface area contributed by atoms with Gasteiger partial charge in [0.25, 0.3) is 0 Å². The Kier molecular flexibility index (Phi) is 5.71. The average molecular weight is 343 g/mol. The SMILES string of the molecule is CCC(NC(=O)[C@@H]1CC(=O)N(CC)[C@H]1c1cccnc1)C1CCCC1. The van der Waals surface area contributed by atoms with E-state index in [0.29, 0.717) is 18.9 Å². The lowest BCUT2D eigenvalue weighted by molar-refractivity contribution is -0.129. The summed E-state index contributed by atoms with van der Waals surface area (Å²) in [6.45, 7) is 4.72. The number of nitrogens with one attached hydrogen (secondary N) is 1. The minimum atomic E-state index is -0.327. The number of amides is 2. The lowest BCUT2D eigenvalue weighted by Gasteiger charge is -2.29. The van der Waals surface area contributed by atoms with E-state index < -0.39 is 0 Å². The number of nitrogens with zero attached hydrogens (tertiary/aromatic N) is 2. The fourth-order valence-corrected chi connectivity index (χ4v) is 4.56. The van der Waals surface area contributed by atoms with E-state index in [-0.39, 0.29) is 29.8 Å². The molecule has 1 saturated carbocycles. The first-order valence-corrected chi connectivity index (χ1v) is 9.65. The van der Waals surface area contributed by atoms with Crippen LogP contribution in [0.25, 0.3) is 0 Å². The third kappa shape index (κ3) is 3.70. The molecular formula is C20H29N3O2. The van der Waals surface area contributed by atoms with Crippen LogP contribution in [0.5, 0.6) is 0 Å². The summed E-state index contributed by atoms with van der Waals surface area (Å²) in [5.74, 6) is 0.347. The molecule has 2 heterocycles. The molecule has 1 unspecified atom stereocenters. The predicted octanol–water partition coefficient (Wildman–Crippen LogP) is 3.08. The molecule has 3 atom stereocenters. The van der Waals surface area contributed by atoms with Crippen LogP contribution in [0, 0.1) is 11.8 Å². The molecule has 5 heteroatoms. The summed E-state index contributed by atoms with van der Waals surface area (Å²) in [7, 11) is 0. The van der Waals surface area contributed by atoms with E-state index in [1.165, 1.54) is 25.7 Å². The van der Waals surface area contributed by atoms with Crippen molar-refractivity contribution in [2.75, 3.05) is 6.54 Å². The second kappa shape index (κ2) is 7.98. The Hall–Kier alpha value is -1.91. The Morgan fingerprint density at radius 2 is 2.12 bits per heavy atom. The summed E-state index contributed by atoms with van der Waals surface area (Å²) in [5.41, 5.74) is 0.948. The molecule has 0 aromatic carbocycles. The van der Waals surface area contributed by atoms with E-state index in [1.807, 2.05) is 24.0 Å². The van der Waals surface area contributed by atoms with Crippen molar-refractivity contribution in [2.45, 2.75) is 64.5 Å². The normalized spacial score (nSPS) is 25.4. The van der Waals surface area contributed by atoms with Crippen LogP contribution in [0.1, 0.15) is 64.0 Å². The van der Waals surface area contributed by atoms with E-state index in [2.05, 4.69) is 17.2 Å². The van der Waals surface area contributed by atoms with Crippen LogP contribution in [0.3, 0.4) is 0 Å². The molecule has 0 spiro atoms. The first-order valence-electron chi connectivity index (χ1n) is 9.65. The second-order valence-electron chi connectivity index (χ2n) is 7.29. The van der Waals surface area contributed by atoms with Gasteiger partial charge in [-0.05, 0) is 43.7 Å². The standard InChI is InChI=1S/C20H29N3O2/c1-3-17(14-8-5-6-9-14)22-20(25)16-12-18(24)23(4-2)19(16)15-10-7-11-21-13-15/h7,10-11,13-14,16-17,19H,3-6,8-9,12H2,1-2H3,(H,22,25)/t16-,17?,19+/m1/s1. The maximum absolute atomic E-state index is 13.1. The number of likely N-dealkylation sites (tertiary alicyclic amines) is 1.